The first-order valence-corrected chi connectivity index (χ1v) is 8.04. The number of anilines is 3. The Kier molecular flexibility index (Phi) is 6.14. The van der Waals surface area contributed by atoms with E-state index in [2.05, 4.69) is 16.0 Å². The zero-order valence-corrected chi connectivity index (χ0v) is 14.6. The predicted octanol–water partition coefficient (Wildman–Crippen LogP) is 2.67. The van der Waals surface area contributed by atoms with Gasteiger partial charge in [0.25, 0.3) is 0 Å². The van der Waals surface area contributed by atoms with Gasteiger partial charge in [0.15, 0.2) is 0 Å². The molecule has 0 radical (unpaired) electrons. The second kappa shape index (κ2) is 8.30. The highest BCUT2D eigenvalue weighted by atomic mass is 16.3. The van der Waals surface area contributed by atoms with E-state index in [0.29, 0.717) is 11.4 Å². The number of hydrogen-bond acceptors (Lipinski definition) is 4. The number of carbonyl (C=O) groups is 2. The molecule has 0 aromatic heterocycles. The highest BCUT2D eigenvalue weighted by molar-refractivity contribution is 5.97. The smallest absolute Gasteiger partial charge is 0.250 e. The summed E-state index contributed by atoms with van der Waals surface area (Å²) in [6.07, 6.45) is 0. The Morgan fingerprint density at radius 3 is 2.48 bits per heavy atom. The number of benzene rings is 2. The first-order chi connectivity index (χ1) is 11.9. The summed E-state index contributed by atoms with van der Waals surface area (Å²) in [5, 5.41) is 17.4. The van der Waals surface area contributed by atoms with E-state index >= 15 is 0 Å². The molecule has 2 aromatic rings. The second-order valence-corrected chi connectivity index (χ2v) is 5.96. The molecule has 0 aliphatic rings. The molecule has 0 unspecified atom stereocenters. The van der Waals surface area contributed by atoms with Crippen LogP contribution in [0.25, 0.3) is 0 Å². The number of aliphatic hydroxyl groups is 1. The van der Waals surface area contributed by atoms with Gasteiger partial charge in [-0.25, -0.2) is 0 Å². The largest absolute Gasteiger partial charge is 0.387 e. The van der Waals surface area contributed by atoms with Gasteiger partial charge in [-0.05, 0) is 56.2 Å². The summed E-state index contributed by atoms with van der Waals surface area (Å²) >= 11 is 0. The maximum absolute atomic E-state index is 12.4. The number of aliphatic hydroxyl groups excluding tert-OH is 1. The average Bonchev–Trinajstić information content (AvgIpc) is 2.58. The minimum atomic E-state index is -0.577. The molecule has 6 heteroatoms. The van der Waals surface area contributed by atoms with E-state index < -0.39 is 18.6 Å². The van der Waals surface area contributed by atoms with Gasteiger partial charge in [0.2, 0.25) is 11.8 Å². The molecule has 0 heterocycles. The summed E-state index contributed by atoms with van der Waals surface area (Å²) in [6.45, 7) is 5.11. The molecule has 132 valence electrons. The van der Waals surface area contributed by atoms with Crippen molar-refractivity contribution in [1.82, 2.24) is 0 Å². The van der Waals surface area contributed by atoms with Crippen molar-refractivity contribution in [2.45, 2.75) is 26.8 Å². The lowest BCUT2D eigenvalue weighted by Gasteiger charge is -2.17. The van der Waals surface area contributed by atoms with E-state index in [9.17, 15) is 9.59 Å². The van der Waals surface area contributed by atoms with Crippen molar-refractivity contribution in [1.29, 1.82) is 0 Å². The highest BCUT2D eigenvalue weighted by Gasteiger charge is 2.14. The molecule has 25 heavy (non-hydrogen) atoms. The van der Waals surface area contributed by atoms with Crippen molar-refractivity contribution in [3.63, 3.8) is 0 Å². The van der Waals surface area contributed by atoms with Gasteiger partial charge < -0.3 is 21.1 Å². The third kappa shape index (κ3) is 5.32. The summed E-state index contributed by atoms with van der Waals surface area (Å²) in [7, 11) is 0. The molecule has 2 amide bonds. The van der Waals surface area contributed by atoms with E-state index in [1.54, 1.807) is 31.2 Å². The fourth-order valence-electron chi connectivity index (χ4n) is 2.31. The number of rotatable bonds is 6. The van der Waals surface area contributed by atoms with Gasteiger partial charge in [0.05, 0.1) is 0 Å². The lowest BCUT2D eigenvalue weighted by atomic mass is 10.1. The minimum Gasteiger partial charge on any atom is -0.387 e. The molecule has 0 bridgehead atoms. The zero-order valence-electron chi connectivity index (χ0n) is 14.6. The lowest BCUT2D eigenvalue weighted by Crippen LogP contribution is -2.32. The monoisotopic (exact) mass is 341 g/mol. The van der Waals surface area contributed by atoms with Crippen LogP contribution in [0.2, 0.25) is 0 Å². The van der Waals surface area contributed by atoms with Gasteiger partial charge in [-0.1, -0.05) is 18.2 Å². The number of aryl methyl sites for hydroxylation is 2. The van der Waals surface area contributed by atoms with Crippen molar-refractivity contribution in [3.05, 3.63) is 53.6 Å². The van der Waals surface area contributed by atoms with Crippen LogP contribution in [0.4, 0.5) is 17.1 Å². The van der Waals surface area contributed by atoms with Crippen LogP contribution in [0.15, 0.2) is 42.5 Å². The van der Waals surface area contributed by atoms with E-state index in [0.717, 1.165) is 16.8 Å². The zero-order chi connectivity index (χ0) is 18.4. The highest BCUT2D eigenvalue weighted by Crippen LogP contribution is 2.18. The SMILES string of the molecule is Cc1ccc(C)c(NC(=O)[C@@H](C)Nc2cccc(NC(=O)CO)c2)c1. The number of amides is 2. The maximum Gasteiger partial charge on any atom is 0.250 e. The molecule has 1 atom stereocenters. The summed E-state index contributed by atoms with van der Waals surface area (Å²) in [4.78, 5) is 23.7. The van der Waals surface area contributed by atoms with Crippen molar-refractivity contribution in [2.75, 3.05) is 22.6 Å². The summed E-state index contributed by atoms with van der Waals surface area (Å²) in [5.74, 6) is -0.642. The molecular weight excluding hydrogens is 318 g/mol. The number of nitrogens with one attached hydrogen (secondary N) is 3. The molecule has 2 rings (SSSR count). The number of carbonyl (C=O) groups excluding carboxylic acids is 2. The van der Waals surface area contributed by atoms with Gasteiger partial charge >= 0.3 is 0 Å². The Morgan fingerprint density at radius 2 is 1.76 bits per heavy atom. The van der Waals surface area contributed by atoms with Crippen molar-refractivity contribution in [3.8, 4) is 0 Å². The quantitative estimate of drug-likeness (QED) is 0.650. The topological polar surface area (TPSA) is 90.5 Å². The van der Waals surface area contributed by atoms with Crippen LogP contribution in [-0.4, -0.2) is 29.6 Å². The van der Waals surface area contributed by atoms with Crippen molar-refractivity contribution < 1.29 is 14.7 Å². The van der Waals surface area contributed by atoms with Gasteiger partial charge in [-0.3, -0.25) is 9.59 Å². The average molecular weight is 341 g/mol. The van der Waals surface area contributed by atoms with E-state index in [1.807, 2.05) is 32.0 Å². The first-order valence-electron chi connectivity index (χ1n) is 8.04. The molecule has 0 fully saturated rings. The second-order valence-electron chi connectivity index (χ2n) is 5.96. The Morgan fingerprint density at radius 1 is 1.04 bits per heavy atom. The first kappa shape index (κ1) is 18.5. The summed E-state index contributed by atoms with van der Waals surface area (Å²) < 4.78 is 0. The van der Waals surface area contributed by atoms with Gasteiger partial charge in [0, 0.05) is 17.1 Å². The minimum absolute atomic E-state index is 0.154. The molecule has 0 saturated heterocycles. The Balaban J connectivity index is 2.02. The van der Waals surface area contributed by atoms with E-state index in [4.69, 9.17) is 5.11 Å². The summed E-state index contributed by atoms with van der Waals surface area (Å²) in [5.41, 5.74) is 4.11. The maximum atomic E-state index is 12.4. The van der Waals surface area contributed by atoms with Crippen LogP contribution in [0.5, 0.6) is 0 Å². The Labute approximate surface area is 147 Å². The van der Waals surface area contributed by atoms with Gasteiger partial charge in [0.1, 0.15) is 12.6 Å². The van der Waals surface area contributed by atoms with Crippen LogP contribution in [0, 0.1) is 13.8 Å². The normalized spacial score (nSPS) is 11.5. The lowest BCUT2D eigenvalue weighted by molar-refractivity contribution is -0.119. The Hall–Kier alpha value is -2.86. The third-order valence-corrected chi connectivity index (χ3v) is 3.72. The standard InChI is InChI=1S/C19H23N3O3/c1-12-7-8-13(2)17(9-12)22-19(25)14(3)20-15-5-4-6-16(10-15)21-18(24)11-23/h4-10,14,20,23H,11H2,1-3H3,(H,21,24)(H,22,25)/t14-/m1/s1. The van der Waals surface area contributed by atoms with Gasteiger partial charge in [-0.15, -0.1) is 0 Å². The fraction of sp³-hybridized carbons (Fsp3) is 0.263. The molecule has 0 aliphatic heterocycles. The van der Waals surface area contributed by atoms with Crippen LogP contribution in [-0.2, 0) is 9.59 Å². The molecule has 0 saturated carbocycles. The Bertz CT molecular complexity index is 774. The fourth-order valence-corrected chi connectivity index (χ4v) is 2.31. The summed E-state index contributed by atoms with van der Waals surface area (Å²) in [6, 6.07) is 12.4. The third-order valence-electron chi connectivity index (χ3n) is 3.72. The van der Waals surface area contributed by atoms with E-state index in [1.165, 1.54) is 0 Å². The van der Waals surface area contributed by atoms with Crippen LogP contribution in [0.3, 0.4) is 0 Å². The van der Waals surface area contributed by atoms with Gasteiger partial charge in [-0.2, -0.15) is 0 Å². The van der Waals surface area contributed by atoms with Crippen molar-refractivity contribution >= 4 is 28.9 Å². The number of hydrogen-bond donors (Lipinski definition) is 4. The molecular formula is C19H23N3O3. The molecule has 0 spiro atoms. The molecule has 0 aliphatic carbocycles. The molecule has 2 aromatic carbocycles. The van der Waals surface area contributed by atoms with Crippen LogP contribution >= 0.6 is 0 Å². The van der Waals surface area contributed by atoms with E-state index in [-0.39, 0.29) is 5.91 Å². The molecule has 4 N–H and O–H groups in total. The van der Waals surface area contributed by atoms with Crippen LogP contribution in [0.1, 0.15) is 18.1 Å². The van der Waals surface area contributed by atoms with Crippen molar-refractivity contribution in [2.24, 2.45) is 0 Å². The molecule has 6 nitrogen and oxygen atoms in total. The van der Waals surface area contributed by atoms with Crippen LogP contribution < -0.4 is 16.0 Å². The predicted molar refractivity (Wildman–Crippen MR) is 99.8 cm³/mol.